The van der Waals surface area contributed by atoms with Gasteiger partial charge in [-0.05, 0) is 264 Å². The maximum atomic E-state index is 5.04. The van der Waals surface area contributed by atoms with E-state index in [2.05, 4.69) is 379 Å². The fourth-order valence-corrected chi connectivity index (χ4v) is 24.0. The topological polar surface area (TPSA) is 102 Å². The first-order chi connectivity index (χ1) is 62.0. The van der Waals surface area contributed by atoms with E-state index >= 15 is 0 Å². The van der Waals surface area contributed by atoms with Crippen LogP contribution < -0.4 is 14.7 Å². The molecule has 3 spiro atoms. The zero-order valence-corrected chi connectivity index (χ0v) is 73.9. The molecule has 0 fully saturated rings. The second-order valence-electron chi connectivity index (χ2n) is 36.3. The summed E-state index contributed by atoms with van der Waals surface area (Å²) in [5, 5.41) is 29.1. The molecule has 16 aromatic rings. The van der Waals surface area contributed by atoms with Crippen molar-refractivity contribution < 1.29 is 0 Å². The SMILES string of the molecule is CCCCCC(CC)c1ccc(N2c3ccccc3C3(c4cc(-c5nncn5C)ccc4-c4c3c3c(c5c4C4(c6cc(-c7nncn7C)ccc6-5)c5ccccc5N(c5ccc(C(CC)CCCCC)cc5)c5ccccc54)C4(c5cc(-c6nncn6C)ccc5-3)c3ccccc3N(c3ccc(C(CC)CCCCC)cc3)c3ccccc34)c3ccccc32)cc1. The number of rotatable bonds is 24. The zero-order valence-electron chi connectivity index (χ0n) is 73.9. The number of unbranched alkanes of at least 4 members (excludes halogenated alkanes) is 6. The Balaban J connectivity index is 0.930. The summed E-state index contributed by atoms with van der Waals surface area (Å²) >= 11 is 0. The molecule has 13 aromatic carbocycles. The molecule has 0 saturated heterocycles. The number of aryl methyl sites for hydroxylation is 3. The number of anilines is 9. The van der Waals surface area contributed by atoms with Gasteiger partial charge in [0, 0.05) is 54.9 Å². The lowest BCUT2D eigenvalue weighted by Gasteiger charge is -2.48. The monoisotopic (exact) mass is 1640 g/mol. The second kappa shape index (κ2) is 31.4. The molecule has 3 aromatic heterocycles. The molecule has 3 aliphatic heterocycles. The van der Waals surface area contributed by atoms with Crippen LogP contribution in [0, 0.1) is 0 Å². The Hall–Kier alpha value is -13.3. The van der Waals surface area contributed by atoms with Crippen LogP contribution in [0.5, 0.6) is 0 Å². The number of hydrogen-bond donors (Lipinski definition) is 0. The quantitative estimate of drug-likeness (QED) is 0.0547. The van der Waals surface area contributed by atoms with Gasteiger partial charge in [0.1, 0.15) is 19.0 Å². The van der Waals surface area contributed by atoms with Crippen molar-refractivity contribution in [2.45, 2.75) is 172 Å². The van der Waals surface area contributed by atoms with Crippen molar-refractivity contribution in [3.8, 4) is 67.5 Å². The van der Waals surface area contributed by atoms with Gasteiger partial charge in [-0.1, -0.05) is 281 Å². The lowest BCUT2D eigenvalue weighted by molar-refractivity contribution is 0.553. The molecule has 0 radical (unpaired) electrons. The summed E-state index contributed by atoms with van der Waals surface area (Å²) < 4.78 is 6.25. The van der Waals surface area contributed by atoms with Crippen LogP contribution in [0.3, 0.4) is 0 Å². The Morgan fingerprint density at radius 3 is 0.714 bits per heavy atom. The van der Waals surface area contributed by atoms with Crippen LogP contribution in [0.2, 0.25) is 0 Å². The van der Waals surface area contributed by atoms with Gasteiger partial charge in [0.05, 0.1) is 50.4 Å². The highest BCUT2D eigenvalue weighted by Crippen LogP contribution is 2.78. The first-order valence-electron chi connectivity index (χ1n) is 46.5. The maximum Gasteiger partial charge on any atom is 0.163 e. The van der Waals surface area contributed by atoms with Crippen LogP contribution in [0.15, 0.2) is 292 Å². The second-order valence-corrected chi connectivity index (χ2v) is 36.3. The van der Waals surface area contributed by atoms with E-state index in [1.54, 1.807) is 0 Å². The first-order valence-corrected chi connectivity index (χ1v) is 46.5. The Labute approximate surface area is 741 Å². The van der Waals surface area contributed by atoms with Gasteiger partial charge in [-0.15, -0.1) is 30.6 Å². The molecule has 6 aliphatic rings. The Bertz CT molecular complexity index is 6080. The fraction of sp³-hybridized carbons (Fsp3) is 0.263. The number of benzene rings is 13. The summed E-state index contributed by atoms with van der Waals surface area (Å²) in [7, 11) is 6.24. The summed E-state index contributed by atoms with van der Waals surface area (Å²) in [6.07, 6.45) is 23.3. The molecule has 624 valence electrons. The van der Waals surface area contributed by atoms with Gasteiger partial charge in [-0.2, -0.15) is 0 Å². The first kappa shape index (κ1) is 78.6. The molecule has 0 saturated carbocycles. The van der Waals surface area contributed by atoms with E-state index in [-0.39, 0.29) is 0 Å². The standard InChI is InChI=1S/C114H108N12/c1-10-16-19-34-73(13-4)76-49-58-82(59-50-76)124-97-43-28-22-37-88(97)112(89-38-23-29-44-98(89)124)94-67-79(109-118-115-70-121(109)7)55-64-85(94)103-106(112)104-86-65-56-80(110-119-116-71-122(110)8)68-95(86)113(90-39-24-30-45-99(90)125(100-46-31-25-40-91(100)113)83-60-51-77(52-61-83)74(14-5)35-20-17-11-2)108(104)105-87-66-57-81(111-120-117-72-123(111)9)69-96(87)114(107(103)105)92-41-26-32-47-101(92)126(102-48-33-27-42-93(102)114)84-62-53-78(54-63-84)75(15-6)36-21-18-12-3/h22-33,37-75H,10-21,34-36H2,1-9H3. The van der Waals surface area contributed by atoms with Crippen LogP contribution in [-0.2, 0) is 37.4 Å². The molecule has 3 aliphatic carbocycles. The molecule has 3 unspecified atom stereocenters. The minimum Gasteiger partial charge on any atom is -0.317 e. The molecule has 0 N–H and O–H groups in total. The number of aromatic nitrogens is 9. The smallest absolute Gasteiger partial charge is 0.163 e. The molecule has 126 heavy (non-hydrogen) atoms. The Morgan fingerprint density at radius 2 is 0.500 bits per heavy atom. The van der Waals surface area contributed by atoms with Crippen LogP contribution >= 0.6 is 0 Å². The van der Waals surface area contributed by atoms with E-state index in [0.717, 1.165) is 121 Å². The Morgan fingerprint density at radius 1 is 0.262 bits per heavy atom. The third kappa shape index (κ3) is 11.5. The minimum atomic E-state index is -1.10. The molecule has 12 heteroatoms. The van der Waals surface area contributed by atoms with Gasteiger partial charge in [0.15, 0.2) is 17.5 Å². The average molecular weight is 1650 g/mol. The average Bonchev–Trinajstić information content (AvgIpc) is 1.45. The molecule has 6 heterocycles. The highest BCUT2D eigenvalue weighted by Gasteiger charge is 2.65. The predicted molar refractivity (Wildman–Crippen MR) is 515 cm³/mol. The lowest BCUT2D eigenvalue weighted by Crippen LogP contribution is -2.39. The van der Waals surface area contributed by atoms with Gasteiger partial charge >= 0.3 is 0 Å². The van der Waals surface area contributed by atoms with Crippen molar-refractivity contribution in [1.82, 2.24) is 44.3 Å². The van der Waals surface area contributed by atoms with Crippen molar-refractivity contribution in [3.05, 3.63) is 375 Å². The van der Waals surface area contributed by atoms with Gasteiger partial charge in [-0.3, -0.25) is 0 Å². The number of fused-ring (bicyclic) bond motifs is 30. The van der Waals surface area contributed by atoms with Crippen molar-refractivity contribution >= 4 is 51.2 Å². The van der Waals surface area contributed by atoms with Crippen LogP contribution in [-0.4, -0.2) is 44.3 Å². The molecule has 0 amide bonds. The number of para-hydroxylation sites is 6. The zero-order chi connectivity index (χ0) is 85.3. The van der Waals surface area contributed by atoms with Gasteiger partial charge in [0.25, 0.3) is 0 Å². The van der Waals surface area contributed by atoms with Crippen LogP contribution in [0.1, 0.15) is 239 Å². The van der Waals surface area contributed by atoms with Gasteiger partial charge in [-0.25, -0.2) is 0 Å². The minimum absolute atomic E-state index is 0.469. The van der Waals surface area contributed by atoms with Crippen molar-refractivity contribution in [2.75, 3.05) is 14.7 Å². The maximum absolute atomic E-state index is 5.04. The number of nitrogens with zero attached hydrogens (tertiary/aromatic N) is 12. The Kier molecular flexibility index (Phi) is 19.6. The molecular formula is C114H108N12. The van der Waals surface area contributed by atoms with Crippen molar-refractivity contribution in [2.24, 2.45) is 21.1 Å². The fourth-order valence-electron chi connectivity index (χ4n) is 24.0. The molecule has 0 bridgehead atoms. The highest BCUT2D eigenvalue weighted by molar-refractivity contribution is 6.14. The predicted octanol–water partition coefficient (Wildman–Crippen LogP) is 28.7. The molecule has 12 nitrogen and oxygen atoms in total. The third-order valence-corrected chi connectivity index (χ3v) is 29.7. The summed E-state index contributed by atoms with van der Waals surface area (Å²) in [5.41, 5.74) is 35.5. The summed E-state index contributed by atoms with van der Waals surface area (Å²) in [6.45, 7) is 14.0. The molecule has 22 rings (SSSR count). The largest absolute Gasteiger partial charge is 0.317 e. The van der Waals surface area contributed by atoms with E-state index < -0.39 is 16.2 Å². The van der Waals surface area contributed by atoms with Crippen LogP contribution in [0.25, 0.3) is 67.5 Å². The van der Waals surface area contributed by atoms with E-state index in [4.69, 9.17) is 15.3 Å². The van der Waals surface area contributed by atoms with Crippen molar-refractivity contribution in [1.29, 1.82) is 0 Å². The van der Waals surface area contributed by atoms with E-state index in [1.165, 1.54) is 177 Å². The third-order valence-electron chi connectivity index (χ3n) is 29.7. The van der Waals surface area contributed by atoms with E-state index in [9.17, 15) is 0 Å². The molecular weight excluding hydrogens is 1540 g/mol. The van der Waals surface area contributed by atoms with E-state index in [0.29, 0.717) is 17.8 Å². The molecule has 3 atom stereocenters. The number of hydrogen-bond acceptors (Lipinski definition) is 9. The van der Waals surface area contributed by atoms with E-state index in [1.807, 2.05) is 19.0 Å². The van der Waals surface area contributed by atoms with Gasteiger partial charge < -0.3 is 28.4 Å². The van der Waals surface area contributed by atoms with Crippen LogP contribution in [0.4, 0.5) is 51.2 Å². The highest BCUT2D eigenvalue weighted by atomic mass is 15.3. The summed E-state index contributed by atoms with van der Waals surface area (Å²) in [6, 6.07) is 108. The van der Waals surface area contributed by atoms with Crippen molar-refractivity contribution in [3.63, 3.8) is 0 Å². The normalized spacial score (nSPS) is 15.1. The lowest BCUT2D eigenvalue weighted by atomic mass is 9.58. The summed E-state index contributed by atoms with van der Waals surface area (Å²) in [5.74, 6) is 3.77. The van der Waals surface area contributed by atoms with Gasteiger partial charge in [0.2, 0.25) is 0 Å². The summed E-state index contributed by atoms with van der Waals surface area (Å²) in [4.78, 5) is 7.78.